The molecule has 0 radical (unpaired) electrons. The number of anilines is 1. The van der Waals surface area contributed by atoms with Crippen LogP contribution < -0.4 is 19.5 Å². The molecule has 0 saturated heterocycles. The first-order valence-electron chi connectivity index (χ1n) is 8.20. The maximum atomic E-state index is 13.3. The first kappa shape index (κ1) is 20.0. The van der Waals surface area contributed by atoms with Crippen LogP contribution in [0.4, 0.5) is 15.8 Å². The second kappa shape index (κ2) is 9.37. The fourth-order valence-electron chi connectivity index (χ4n) is 2.22. The van der Waals surface area contributed by atoms with Crippen LogP contribution in [-0.2, 0) is 4.79 Å². The van der Waals surface area contributed by atoms with Gasteiger partial charge in [-0.3, -0.25) is 14.9 Å². The molecular weight excluding hydrogens is 359 g/mol. The molecule has 2 aromatic carbocycles. The fraction of sp³-hybridized carbons (Fsp3) is 0.278. The zero-order chi connectivity index (χ0) is 19.8. The van der Waals surface area contributed by atoms with Crippen molar-refractivity contribution in [2.24, 2.45) is 0 Å². The van der Waals surface area contributed by atoms with Gasteiger partial charge in [-0.25, -0.2) is 4.39 Å². The van der Waals surface area contributed by atoms with Crippen LogP contribution in [0.2, 0.25) is 0 Å². The van der Waals surface area contributed by atoms with Crippen LogP contribution in [0, 0.1) is 15.9 Å². The minimum Gasteiger partial charge on any atom is -0.490 e. The lowest BCUT2D eigenvalue weighted by atomic mass is 10.2. The highest BCUT2D eigenvalue weighted by Gasteiger charge is 2.17. The van der Waals surface area contributed by atoms with Crippen molar-refractivity contribution in [1.29, 1.82) is 0 Å². The van der Waals surface area contributed by atoms with Crippen LogP contribution in [0.5, 0.6) is 17.2 Å². The van der Waals surface area contributed by atoms with Crippen LogP contribution in [0.1, 0.15) is 13.8 Å². The molecule has 2 aromatic rings. The second-order valence-electron chi connectivity index (χ2n) is 5.23. The number of carbonyl (C=O) groups is 1. The third-order valence-electron chi connectivity index (χ3n) is 3.30. The van der Waals surface area contributed by atoms with Gasteiger partial charge >= 0.3 is 5.69 Å². The summed E-state index contributed by atoms with van der Waals surface area (Å²) in [5.74, 6) is -0.580. The largest absolute Gasteiger partial charge is 0.490 e. The van der Waals surface area contributed by atoms with Crippen molar-refractivity contribution in [2.75, 3.05) is 25.1 Å². The van der Waals surface area contributed by atoms with Crippen LogP contribution in [0.25, 0.3) is 0 Å². The van der Waals surface area contributed by atoms with Gasteiger partial charge in [-0.15, -0.1) is 0 Å². The Bertz CT molecular complexity index is 827. The highest BCUT2D eigenvalue weighted by Crippen LogP contribution is 2.31. The third-order valence-corrected chi connectivity index (χ3v) is 3.30. The zero-order valence-corrected chi connectivity index (χ0v) is 14.9. The Morgan fingerprint density at radius 1 is 1.04 bits per heavy atom. The Labute approximate surface area is 155 Å². The molecule has 0 spiro atoms. The molecule has 0 aliphatic heterocycles. The molecule has 0 fully saturated rings. The van der Waals surface area contributed by atoms with Crippen molar-refractivity contribution in [3.63, 3.8) is 0 Å². The summed E-state index contributed by atoms with van der Waals surface area (Å²) >= 11 is 0. The maximum absolute atomic E-state index is 13.3. The number of halogens is 1. The van der Waals surface area contributed by atoms with Gasteiger partial charge < -0.3 is 19.5 Å². The number of amides is 1. The number of nitrogens with one attached hydrogen (secondary N) is 1. The van der Waals surface area contributed by atoms with E-state index in [0.717, 1.165) is 18.2 Å². The van der Waals surface area contributed by atoms with Gasteiger partial charge in [0.15, 0.2) is 18.1 Å². The topological polar surface area (TPSA) is 99.9 Å². The van der Waals surface area contributed by atoms with E-state index in [9.17, 15) is 19.3 Å². The molecule has 0 atom stereocenters. The molecule has 0 heterocycles. The number of ether oxygens (including phenoxy) is 3. The van der Waals surface area contributed by atoms with E-state index in [1.54, 1.807) is 18.2 Å². The fourth-order valence-corrected chi connectivity index (χ4v) is 2.22. The highest BCUT2D eigenvalue weighted by molar-refractivity contribution is 5.92. The SMILES string of the molecule is CCOc1ccc(NC(=O)COc2cc(F)ccc2[N+](=O)[O-])cc1OCC. The lowest BCUT2D eigenvalue weighted by Gasteiger charge is -2.13. The molecule has 9 heteroatoms. The third kappa shape index (κ3) is 5.56. The second-order valence-corrected chi connectivity index (χ2v) is 5.23. The molecule has 0 saturated carbocycles. The standard InChI is InChI=1S/C18H19FN2O6/c1-3-25-15-8-6-13(10-17(15)26-4-2)20-18(22)11-27-16-9-12(19)5-7-14(16)21(23)24/h5-10H,3-4,11H2,1-2H3,(H,20,22). The monoisotopic (exact) mass is 378 g/mol. The summed E-state index contributed by atoms with van der Waals surface area (Å²) in [5.41, 5.74) is 0.00754. The van der Waals surface area contributed by atoms with Gasteiger partial charge in [0.2, 0.25) is 5.75 Å². The predicted molar refractivity (Wildman–Crippen MR) is 96.0 cm³/mol. The number of hydrogen-bond donors (Lipinski definition) is 1. The number of carbonyl (C=O) groups excluding carboxylic acids is 1. The van der Waals surface area contributed by atoms with Crippen LogP contribution in [-0.4, -0.2) is 30.7 Å². The van der Waals surface area contributed by atoms with Gasteiger partial charge in [-0.05, 0) is 32.0 Å². The number of nitrogens with zero attached hydrogens (tertiary/aromatic N) is 1. The Kier molecular flexibility index (Phi) is 6.93. The van der Waals surface area contributed by atoms with Crippen molar-refractivity contribution in [1.82, 2.24) is 0 Å². The van der Waals surface area contributed by atoms with Crippen molar-refractivity contribution < 1.29 is 28.3 Å². The molecular formula is C18H19FN2O6. The molecule has 1 amide bonds. The number of nitro groups is 1. The van der Waals surface area contributed by atoms with Gasteiger partial charge in [-0.1, -0.05) is 0 Å². The number of rotatable bonds is 9. The van der Waals surface area contributed by atoms with Crippen LogP contribution in [0.3, 0.4) is 0 Å². The zero-order valence-electron chi connectivity index (χ0n) is 14.9. The van der Waals surface area contributed by atoms with E-state index in [4.69, 9.17) is 14.2 Å². The summed E-state index contributed by atoms with van der Waals surface area (Å²) in [5, 5.41) is 13.5. The van der Waals surface area contributed by atoms with Crippen molar-refractivity contribution in [2.45, 2.75) is 13.8 Å². The summed E-state index contributed by atoms with van der Waals surface area (Å²) in [6.45, 7) is 4.02. The molecule has 27 heavy (non-hydrogen) atoms. The van der Waals surface area contributed by atoms with E-state index in [-0.39, 0.29) is 5.75 Å². The molecule has 0 aliphatic rings. The smallest absolute Gasteiger partial charge is 0.311 e. The van der Waals surface area contributed by atoms with E-state index >= 15 is 0 Å². The van der Waals surface area contributed by atoms with E-state index in [2.05, 4.69) is 5.32 Å². The normalized spacial score (nSPS) is 10.2. The van der Waals surface area contributed by atoms with Crippen LogP contribution in [0.15, 0.2) is 36.4 Å². The van der Waals surface area contributed by atoms with E-state index in [1.807, 2.05) is 13.8 Å². The van der Waals surface area contributed by atoms with Crippen LogP contribution >= 0.6 is 0 Å². The molecule has 2 rings (SSSR count). The van der Waals surface area contributed by atoms with Gasteiger partial charge in [0.25, 0.3) is 5.91 Å². The highest BCUT2D eigenvalue weighted by atomic mass is 19.1. The van der Waals surface area contributed by atoms with Gasteiger partial charge in [-0.2, -0.15) is 0 Å². The van der Waals surface area contributed by atoms with E-state index in [0.29, 0.717) is 30.4 Å². The number of hydrogen-bond acceptors (Lipinski definition) is 6. The number of nitro benzene ring substituents is 1. The van der Waals surface area contributed by atoms with E-state index in [1.165, 1.54) is 0 Å². The minimum absolute atomic E-state index is 0.322. The predicted octanol–water partition coefficient (Wildman–Crippen LogP) is 3.55. The maximum Gasteiger partial charge on any atom is 0.311 e. The average Bonchev–Trinajstić information content (AvgIpc) is 2.62. The molecule has 0 bridgehead atoms. The Hall–Kier alpha value is -3.36. The minimum atomic E-state index is -0.715. The Morgan fingerprint density at radius 2 is 1.74 bits per heavy atom. The molecule has 144 valence electrons. The van der Waals surface area contributed by atoms with Gasteiger partial charge in [0.05, 0.1) is 18.1 Å². The lowest BCUT2D eigenvalue weighted by molar-refractivity contribution is -0.385. The average molecular weight is 378 g/mol. The summed E-state index contributed by atoms with van der Waals surface area (Å²) < 4.78 is 29.3. The number of benzene rings is 2. The van der Waals surface area contributed by atoms with Gasteiger partial charge in [0.1, 0.15) is 5.82 Å². The summed E-state index contributed by atoms with van der Waals surface area (Å²) in [6.07, 6.45) is 0. The van der Waals surface area contributed by atoms with Crippen molar-refractivity contribution in [3.8, 4) is 17.2 Å². The molecule has 0 aromatic heterocycles. The lowest BCUT2D eigenvalue weighted by Crippen LogP contribution is -2.20. The molecule has 1 N–H and O–H groups in total. The molecule has 0 aliphatic carbocycles. The quantitative estimate of drug-likeness (QED) is 0.529. The van der Waals surface area contributed by atoms with Gasteiger partial charge in [0, 0.05) is 23.9 Å². The van der Waals surface area contributed by atoms with Crippen molar-refractivity contribution in [3.05, 3.63) is 52.3 Å². The van der Waals surface area contributed by atoms with Crippen molar-refractivity contribution >= 4 is 17.3 Å². The molecule has 8 nitrogen and oxygen atoms in total. The summed E-state index contributed by atoms with van der Waals surface area (Å²) in [7, 11) is 0. The first-order chi connectivity index (χ1) is 12.9. The summed E-state index contributed by atoms with van der Waals surface area (Å²) in [6, 6.07) is 7.65. The Morgan fingerprint density at radius 3 is 2.41 bits per heavy atom. The Balaban J connectivity index is 2.05. The molecule has 0 unspecified atom stereocenters. The summed E-state index contributed by atoms with van der Waals surface area (Å²) in [4.78, 5) is 22.3. The first-order valence-corrected chi connectivity index (χ1v) is 8.20. The van der Waals surface area contributed by atoms with E-state index < -0.39 is 28.9 Å².